The first-order valence-electron chi connectivity index (χ1n) is 19.1. The summed E-state index contributed by atoms with van der Waals surface area (Å²) < 4.78 is 11.7. The molecular weight excluding hydrogens is 670 g/mol. The van der Waals surface area contributed by atoms with Gasteiger partial charge in [0.05, 0.1) is 6.10 Å². The van der Waals surface area contributed by atoms with Gasteiger partial charge in [-0.25, -0.2) is 0 Å². The average Bonchev–Trinajstić information content (AvgIpc) is 3.46. The molecule has 4 aromatic rings. The molecule has 8 rings (SSSR count). The summed E-state index contributed by atoms with van der Waals surface area (Å²) in [7, 11) is 0. The highest BCUT2D eigenvalue weighted by Gasteiger charge is 2.54. The molecule has 2 saturated carbocycles. The molecule has 0 aliphatic heterocycles. The maximum absolute atomic E-state index is 13.6. The molecule has 4 aliphatic rings. The third-order valence-electron chi connectivity index (χ3n) is 12.3. The van der Waals surface area contributed by atoms with E-state index in [1.54, 1.807) is 36.4 Å². The zero-order chi connectivity index (χ0) is 37.1. The number of ether oxygens (including phenoxy) is 2. The van der Waals surface area contributed by atoms with Crippen molar-refractivity contribution in [2.75, 3.05) is 6.73 Å². The lowest BCUT2D eigenvalue weighted by molar-refractivity contribution is -0.122. The summed E-state index contributed by atoms with van der Waals surface area (Å²) in [6.45, 7) is 0.0118. The maximum Gasteiger partial charge on any atom is 0.200 e. The van der Waals surface area contributed by atoms with Crippen LogP contribution >= 0.6 is 0 Å². The minimum atomic E-state index is -0.917. The van der Waals surface area contributed by atoms with Crippen molar-refractivity contribution in [3.63, 3.8) is 0 Å². The van der Waals surface area contributed by atoms with Crippen LogP contribution in [0.15, 0.2) is 78.9 Å². The largest absolute Gasteiger partial charge is 0.508 e. The predicted molar refractivity (Wildman–Crippen MR) is 201 cm³/mol. The van der Waals surface area contributed by atoms with Gasteiger partial charge >= 0.3 is 0 Å². The normalized spacial score (nSPS) is 22.4. The Kier molecular flexibility index (Phi) is 10.9. The lowest BCUT2D eigenvalue weighted by Gasteiger charge is -2.52. The molecule has 53 heavy (non-hydrogen) atoms. The van der Waals surface area contributed by atoms with Gasteiger partial charge in [-0.1, -0.05) is 67.8 Å². The molecule has 280 valence electrons. The van der Waals surface area contributed by atoms with Gasteiger partial charge < -0.3 is 35.0 Å². The summed E-state index contributed by atoms with van der Waals surface area (Å²) >= 11 is 0. The molecule has 7 N–H and O–H groups in total. The summed E-state index contributed by atoms with van der Waals surface area (Å²) in [5.41, 5.74) is 9.98. The summed E-state index contributed by atoms with van der Waals surface area (Å²) in [6, 6.07) is 24.2. The number of rotatable bonds is 13. The van der Waals surface area contributed by atoms with E-state index in [2.05, 4.69) is 24.3 Å². The fraction of sp³-hybridized carbons (Fsp3) is 0.432. The highest BCUT2D eigenvalue weighted by Crippen LogP contribution is 2.65. The molecule has 9 nitrogen and oxygen atoms in total. The fourth-order valence-electron chi connectivity index (χ4n) is 9.98. The molecule has 5 atom stereocenters. The number of fused-ring (bicyclic) bond motifs is 3. The first-order chi connectivity index (χ1) is 25.7. The van der Waals surface area contributed by atoms with E-state index in [1.165, 1.54) is 18.1 Å². The van der Waals surface area contributed by atoms with E-state index < -0.39 is 6.10 Å². The SMILES string of the molecule is NCOc1cc(CCC(=O)C[C@H](O)[C@@H]2CC[C@H]3C[C@H](C4(c5ccccc5)CCCCC4)[C@@H]2c2cc(O)c(O)c(OCc4cccc(O)c4)c23)ccc1O. The molecule has 2 bridgehead atoms. The monoisotopic (exact) mass is 721 g/mol. The van der Waals surface area contributed by atoms with Crippen LogP contribution in [0.25, 0.3) is 0 Å². The lowest BCUT2D eigenvalue weighted by atomic mass is 9.52. The minimum Gasteiger partial charge on any atom is -0.508 e. The highest BCUT2D eigenvalue weighted by atomic mass is 16.5. The number of aliphatic hydroxyl groups excluding tert-OH is 1. The Morgan fingerprint density at radius 3 is 2.40 bits per heavy atom. The number of Topliss-reactive ketones (excluding diaryl/α,β-unsaturated/α-hetero) is 1. The first-order valence-corrected chi connectivity index (χ1v) is 19.1. The van der Waals surface area contributed by atoms with Crippen molar-refractivity contribution in [3.8, 4) is 34.5 Å². The number of nitrogens with two attached hydrogens (primary N) is 1. The van der Waals surface area contributed by atoms with Gasteiger partial charge in [0.2, 0.25) is 5.75 Å². The van der Waals surface area contributed by atoms with Gasteiger partial charge in [-0.15, -0.1) is 0 Å². The van der Waals surface area contributed by atoms with Crippen LogP contribution in [0.1, 0.15) is 104 Å². The Hall–Kier alpha value is -4.73. The summed E-state index contributed by atoms with van der Waals surface area (Å²) in [5, 5.41) is 54.9. The number of aromatic hydroxyl groups is 4. The number of hydrogen-bond donors (Lipinski definition) is 6. The number of carbonyl (C=O) groups excluding carboxylic acids is 1. The molecule has 0 unspecified atom stereocenters. The van der Waals surface area contributed by atoms with Crippen molar-refractivity contribution >= 4 is 5.78 Å². The summed E-state index contributed by atoms with van der Waals surface area (Å²) in [5.74, 6) is -0.332. The second-order valence-corrected chi connectivity index (χ2v) is 15.3. The quantitative estimate of drug-likeness (QED) is 0.0597. The number of phenolic OH excluding ortho intramolecular Hbond substituents is 4. The highest BCUT2D eigenvalue weighted by molar-refractivity contribution is 5.79. The number of hydrogen-bond acceptors (Lipinski definition) is 9. The van der Waals surface area contributed by atoms with Crippen LogP contribution in [0.3, 0.4) is 0 Å². The number of phenols is 4. The number of aryl methyl sites for hydroxylation is 1. The second-order valence-electron chi connectivity index (χ2n) is 15.3. The Balaban J connectivity index is 1.24. The van der Waals surface area contributed by atoms with Gasteiger partial charge in [0, 0.05) is 18.4 Å². The van der Waals surface area contributed by atoms with E-state index in [4.69, 9.17) is 15.2 Å². The van der Waals surface area contributed by atoms with Crippen LogP contribution in [0.2, 0.25) is 0 Å². The Bertz CT molecular complexity index is 1910. The van der Waals surface area contributed by atoms with Crippen molar-refractivity contribution in [2.45, 2.75) is 101 Å². The molecule has 0 radical (unpaired) electrons. The molecular formula is C44H51NO8. The van der Waals surface area contributed by atoms with Gasteiger partial charge in [0.25, 0.3) is 0 Å². The zero-order valence-electron chi connectivity index (χ0n) is 30.1. The van der Waals surface area contributed by atoms with E-state index in [1.807, 2.05) is 12.1 Å². The number of ketones is 1. The van der Waals surface area contributed by atoms with E-state index >= 15 is 0 Å². The van der Waals surface area contributed by atoms with Crippen LogP contribution in [-0.4, -0.2) is 44.2 Å². The molecule has 4 aromatic carbocycles. The number of carbonyl (C=O) groups is 1. The molecule has 9 heteroatoms. The summed E-state index contributed by atoms with van der Waals surface area (Å²) in [6.07, 6.45) is 7.44. The lowest BCUT2D eigenvalue weighted by Crippen LogP contribution is -2.45. The topological polar surface area (TPSA) is 163 Å². The van der Waals surface area contributed by atoms with Crippen LogP contribution in [-0.2, 0) is 23.2 Å². The third kappa shape index (κ3) is 7.42. The smallest absolute Gasteiger partial charge is 0.200 e. The summed E-state index contributed by atoms with van der Waals surface area (Å²) in [4.78, 5) is 13.6. The van der Waals surface area contributed by atoms with Crippen LogP contribution < -0.4 is 15.2 Å². The first kappa shape index (κ1) is 36.6. The van der Waals surface area contributed by atoms with Crippen LogP contribution in [0, 0.1) is 11.8 Å². The average molecular weight is 722 g/mol. The van der Waals surface area contributed by atoms with Crippen LogP contribution in [0.5, 0.6) is 34.5 Å². The van der Waals surface area contributed by atoms with Crippen molar-refractivity contribution in [3.05, 3.63) is 107 Å². The Morgan fingerprint density at radius 2 is 1.64 bits per heavy atom. The van der Waals surface area contributed by atoms with Gasteiger partial charge in [0.15, 0.2) is 23.0 Å². The molecule has 0 spiro atoms. The predicted octanol–water partition coefficient (Wildman–Crippen LogP) is 7.84. The second kappa shape index (κ2) is 15.7. The van der Waals surface area contributed by atoms with Crippen molar-refractivity contribution in [1.82, 2.24) is 0 Å². The van der Waals surface area contributed by atoms with Gasteiger partial charge in [-0.3, -0.25) is 10.5 Å². The number of aliphatic hydroxyl groups is 1. The van der Waals surface area contributed by atoms with Gasteiger partial charge in [-0.2, -0.15) is 0 Å². The van der Waals surface area contributed by atoms with Crippen molar-refractivity contribution in [2.24, 2.45) is 17.6 Å². The molecule has 0 saturated heterocycles. The third-order valence-corrected chi connectivity index (χ3v) is 12.3. The standard InChI is InChI=1S/C44H51NO8/c45-26-53-39-21-27(13-17-36(39)48)12-15-32(47)23-37(49)33-16-14-29-22-35(44(18-5-2-6-19-44)30-9-3-1-4-10-30)41(33)34-24-38(50)42(51)43(40(29)34)52-25-28-8-7-11-31(46)20-28/h1,3-4,7-11,13,17,20-21,24,29,33,35,37,41,46,48-51H,2,5-6,12,14-16,18-19,22-23,25-26,45H2/t29-,33-,35-,37-,41-/m0/s1. The van der Waals surface area contributed by atoms with E-state index in [9.17, 15) is 30.3 Å². The zero-order valence-corrected chi connectivity index (χ0v) is 30.1. The van der Waals surface area contributed by atoms with Gasteiger partial charge in [0.1, 0.15) is 24.9 Å². The molecule has 0 heterocycles. The van der Waals surface area contributed by atoms with E-state index in [-0.39, 0.29) is 95.5 Å². The molecule has 0 amide bonds. The maximum atomic E-state index is 13.6. The fourth-order valence-corrected chi connectivity index (χ4v) is 9.98. The van der Waals surface area contributed by atoms with Crippen LogP contribution in [0.4, 0.5) is 0 Å². The minimum absolute atomic E-state index is 0.00138. The van der Waals surface area contributed by atoms with Crippen molar-refractivity contribution < 1.29 is 39.8 Å². The van der Waals surface area contributed by atoms with E-state index in [0.29, 0.717) is 12.8 Å². The molecule has 4 aliphatic carbocycles. The number of benzene rings is 4. The molecule has 2 fully saturated rings. The van der Waals surface area contributed by atoms with E-state index in [0.717, 1.165) is 60.8 Å². The Morgan fingerprint density at radius 1 is 0.849 bits per heavy atom. The van der Waals surface area contributed by atoms with Gasteiger partial charge in [-0.05, 0) is 120 Å². The van der Waals surface area contributed by atoms with Crippen molar-refractivity contribution in [1.29, 1.82) is 0 Å². The molecule has 0 aromatic heterocycles. The Labute approximate surface area is 311 Å².